The standard InChI is InChI=1S/C12H13BrN2O4/c13-9-3-1-2-8(11(16)17)10(9)14-12(18)15-4-6-19-7-5-15/h1-3H,4-7H2,(H,14,18)(H,16,17). The van der Waals surface area contributed by atoms with E-state index < -0.39 is 5.97 Å². The van der Waals surface area contributed by atoms with Crippen molar-refractivity contribution in [1.82, 2.24) is 4.90 Å². The number of ether oxygens (including phenoxy) is 1. The van der Waals surface area contributed by atoms with Crippen LogP contribution < -0.4 is 5.32 Å². The van der Waals surface area contributed by atoms with Gasteiger partial charge in [0.15, 0.2) is 0 Å². The Morgan fingerprint density at radius 3 is 2.63 bits per heavy atom. The fourth-order valence-electron chi connectivity index (χ4n) is 1.78. The van der Waals surface area contributed by atoms with Gasteiger partial charge in [0, 0.05) is 17.6 Å². The van der Waals surface area contributed by atoms with E-state index in [0.29, 0.717) is 30.8 Å². The van der Waals surface area contributed by atoms with Crippen molar-refractivity contribution in [2.75, 3.05) is 31.6 Å². The van der Waals surface area contributed by atoms with E-state index in [9.17, 15) is 9.59 Å². The van der Waals surface area contributed by atoms with Crippen molar-refractivity contribution in [2.24, 2.45) is 0 Å². The molecule has 19 heavy (non-hydrogen) atoms. The lowest BCUT2D eigenvalue weighted by molar-refractivity contribution is 0.0564. The van der Waals surface area contributed by atoms with Crippen LogP contribution in [0.25, 0.3) is 0 Å². The number of carboxylic acid groups (broad SMARTS) is 1. The van der Waals surface area contributed by atoms with Crippen LogP contribution >= 0.6 is 15.9 Å². The van der Waals surface area contributed by atoms with Gasteiger partial charge in [0.1, 0.15) is 0 Å². The van der Waals surface area contributed by atoms with E-state index in [0.717, 1.165) is 0 Å². The first-order chi connectivity index (χ1) is 9.09. The molecule has 0 spiro atoms. The normalized spacial score (nSPS) is 15.1. The monoisotopic (exact) mass is 328 g/mol. The molecule has 0 unspecified atom stereocenters. The number of hydrogen-bond acceptors (Lipinski definition) is 3. The first kappa shape index (κ1) is 13.8. The summed E-state index contributed by atoms with van der Waals surface area (Å²) in [5.41, 5.74) is 0.322. The van der Waals surface area contributed by atoms with Gasteiger partial charge in [-0.1, -0.05) is 6.07 Å². The average molecular weight is 329 g/mol. The van der Waals surface area contributed by atoms with Crippen LogP contribution in [0.3, 0.4) is 0 Å². The predicted octanol–water partition coefficient (Wildman–Crippen LogP) is 2.01. The van der Waals surface area contributed by atoms with Crippen molar-refractivity contribution in [2.45, 2.75) is 0 Å². The molecule has 0 bridgehead atoms. The fraction of sp³-hybridized carbons (Fsp3) is 0.333. The maximum absolute atomic E-state index is 12.0. The quantitative estimate of drug-likeness (QED) is 0.870. The van der Waals surface area contributed by atoms with Crippen molar-refractivity contribution in [3.63, 3.8) is 0 Å². The molecule has 0 aliphatic carbocycles. The number of amides is 2. The van der Waals surface area contributed by atoms with Gasteiger partial charge >= 0.3 is 12.0 Å². The summed E-state index contributed by atoms with van der Waals surface area (Å²) in [6, 6.07) is 4.42. The number of aromatic carboxylic acids is 1. The Morgan fingerprint density at radius 2 is 2.00 bits per heavy atom. The van der Waals surface area contributed by atoms with Crippen LogP contribution in [-0.2, 0) is 4.74 Å². The lowest BCUT2D eigenvalue weighted by Gasteiger charge is -2.27. The smallest absolute Gasteiger partial charge is 0.337 e. The van der Waals surface area contributed by atoms with Crippen LogP contribution in [0.2, 0.25) is 0 Å². The highest BCUT2D eigenvalue weighted by Crippen LogP contribution is 2.26. The van der Waals surface area contributed by atoms with E-state index >= 15 is 0 Å². The molecule has 2 rings (SSSR count). The number of urea groups is 1. The van der Waals surface area contributed by atoms with Crippen LogP contribution in [0.5, 0.6) is 0 Å². The van der Waals surface area contributed by atoms with Gasteiger partial charge in [0.2, 0.25) is 0 Å². The number of nitrogens with zero attached hydrogens (tertiary/aromatic N) is 1. The van der Waals surface area contributed by atoms with Crippen molar-refractivity contribution in [3.8, 4) is 0 Å². The topological polar surface area (TPSA) is 78.9 Å². The molecular formula is C12H13BrN2O4. The van der Waals surface area contributed by atoms with Crippen LogP contribution in [0.1, 0.15) is 10.4 Å². The summed E-state index contributed by atoms with van der Waals surface area (Å²) in [7, 11) is 0. The zero-order valence-corrected chi connectivity index (χ0v) is 11.6. The van der Waals surface area contributed by atoms with E-state index in [4.69, 9.17) is 9.84 Å². The molecule has 0 saturated carbocycles. The molecule has 1 aliphatic heterocycles. The second-order valence-electron chi connectivity index (χ2n) is 4.00. The molecule has 1 fully saturated rings. The summed E-state index contributed by atoms with van der Waals surface area (Å²) < 4.78 is 5.70. The second-order valence-corrected chi connectivity index (χ2v) is 4.85. The highest BCUT2D eigenvalue weighted by Gasteiger charge is 2.20. The maximum Gasteiger partial charge on any atom is 0.337 e. The number of rotatable bonds is 2. The number of para-hydroxylation sites is 1. The van der Waals surface area contributed by atoms with Crippen LogP contribution in [0.4, 0.5) is 10.5 Å². The molecule has 1 heterocycles. The summed E-state index contributed by atoms with van der Waals surface area (Å²) in [6.45, 7) is 1.99. The minimum absolute atomic E-state index is 0.0518. The van der Waals surface area contributed by atoms with Crippen molar-refractivity contribution in [1.29, 1.82) is 0 Å². The van der Waals surface area contributed by atoms with Gasteiger partial charge in [-0.15, -0.1) is 0 Å². The molecule has 0 atom stereocenters. The molecule has 6 nitrogen and oxygen atoms in total. The van der Waals surface area contributed by atoms with Crippen LogP contribution in [-0.4, -0.2) is 48.3 Å². The van der Waals surface area contributed by atoms with Gasteiger partial charge in [-0.3, -0.25) is 0 Å². The number of hydrogen-bond donors (Lipinski definition) is 2. The molecule has 1 saturated heterocycles. The van der Waals surface area contributed by atoms with Crippen molar-refractivity contribution < 1.29 is 19.4 Å². The summed E-state index contributed by atoms with van der Waals surface area (Å²) in [5.74, 6) is -1.08. The molecule has 0 radical (unpaired) electrons. The second kappa shape index (κ2) is 6.03. The molecule has 1 aromatic carbocycles. The average Bonchev–Trinajstić information content (AvgIpc) is 2.41. The number of carbonyl (C=O) groups is 2. The molecule has 7 heteroatoms. The highest BCUT2D eigenvalue weighted by molar-refractivity contribution is 9.10. The molecule has 1 aromatic rings. The van der Waals surface area contributed by atoms with Crippen molar-refractivity contribution in [3.05, 3.63) is 28.2 Å². The summed E-state index contributed by atoms with van der Waals surface area (Å²) in [6.07, 6.45) is 0. The number of anilines is 1. The lowest BCUT2D eigenvalue weighted by atomic mass is 10.2. The third-order valence-corrected chi connectivity index (χ3v) is 3.44. The maximum atomic E-state index is 12.0. The van der Waals surface area contributed by atoms with E-state index in [2.05, 4.69) is 21.2 Å². The number of carbonyl (C=O) groups excluding carboxylic acids is 1. The molecule has 2 N–H and O–H groups in total. The van der Waals surface area contributed by atoms with Gasteiger partial charge in [0.05, 0.1) is 24.5 Å². The lowest BCUT2D eigenvalue weighted by Crippen LogP contribution is -2.43. The third kappa shape index (κ3) is 3.24. The zero-order chi connectivity index (χ0) is 13.8. The van der Waals surface area contributed by atoms with Gasteiger partial charge in [-0.2, -0.15) is 0 Å². The Kier molecular flexibility index (Phi) is 4.39. The number of halogens is 1. The first-order valence-electron chi connectivity index (χ1n) is 5.75. The largest absolute Gasteiger partial charge is 0.478 e. The first-order valence-corrected chi connectivity index (χ1v) is 6.54. The van der Waals surface area contributed by atoms with E-state index in [1.807, 2.05) is 0 Å². The number of morpholine rings is 1. The minimum atomic E-state index is -1.08. The fourth-order valence-corrected chi connectivity index (χ4v) is 2.25. The Bertz CT molecular complexity index is 501. The Hall–Kier alpha value is -1.60. The van der Waals surface area contributed by atoms with Gasteiger partial charge in [0.25, 0.3) is 0 Å². The van der Waals surface area contributed by atoms with Gasteiger partial charge in [-0.05, 0) is 28.1 Å². The molecule has 0 aromatic heterocycles. The minimum Gasteiger partial charge on any atom is -0.478 e. The molecule has 2 amide bonds. The number of benzene rings is 1. The van der Waals surface area contributed by atoms with E-state index in [1.54, 1.807) is 17.0 Å². The summed E-state index contributed by atoms with van der Waals surface area (Å²) in [4.78, 5) is 24.8. The molecule has 1 aliphatic rings. The third-order valence-electron chi connectivity index (χ3n) is 2.77. The van der Waals surface area contributed by atoms with Crippen molar-refractivity contribution >= 4 is 33.6 Å². The van der Waals surface area contributed by atoms with E-state index in [-0.39, 0.29) is 17.3 Å². The number of carboxylic acids is 1. The Morgan fingerprint density at radius 1 is 1.32 bits per heavy atom. The Balaban J connectivity index is 2.18. The predicted molar refractivity (Wildman–Crippen MR) is 72.5 cm³/mol. The molecular weight excluding hydrogens is 316 g/mol. The van der Waals surface area contributed by atoms with E-state index in [1.165, 1.54) is 6.07 Å². The van der Waals surface area contributed by atoms with Crippen LogP contribution in [0.15, 0.2) is 22.7 Å². The number of nitrogens with one attached hydrogen (secondary N) is 1. The zero-order valence-electron chi connectivity index (χ0n) is 10.1. The summed E-state index contributed by atoms with van der Waals surface area (Å²) in [5, 5.41) is 11.7. The SMILES string of the molecule is O=C(O)c1cccc(Br)c1NC(=O)N1CCOCC1. The Labute approximate surface area is 118 Å². The summed E-state index contributed by atoms with van der Waals surface area (Å²) >= 11 is 3.25. The van der Waals surface area contributed by atoms with Gasteiger partial charge in [-0.25, -0.2) is 9.59 Å². The van der Waals surface area contributed by atoms with Crippen LogP contribution in [0, 0.1) is 0 Å². The van der Waals surface area contributed by atoms with Gasteiger partial charge < -0.3 is 20.1 Å². The molecule has 102 valence electrons. The highest BCUT2D eigenvalue weighted by atomic mass is 79.9.